The van der Waals surface area contributed by atoms with Gasteiger partial charge in [-0.1, -0.05) is 12.1 Å². The number of benzene rings is 1. The standard InChI is InChI=1S/C12H18N2O2S/c1-14(9-11-2-3-11)17(15,16)12-6-4-10(8-13)5-7-12/h4-7,11H,2-3,8-9,13H2,1H3. The third kappa shape index (κ3) is 2.86. The predicted octanol–water partition coefficient (Wildman–Crippen LogP) is 1.18. The van der Waals surface area contributed by atoms with Crippen molar-refractivity contribution in [3.8, 4) is 0 Å². The molecule has 0 atom stereocenters. The van der Waals surface area contributed by atoms with E-state index in [0.29, 0.717) is 23.9 Å². The van der Waals surface area contributed by atoms with Gasteiger partial charge in [-0.25, -0.2) is 12.7 Å². The summed E-state index contributed by atoms with van der Waals surface area (Å²) >= 11 is 0. The Morgan fingerprint density at radius 2 is 1.88 bits per heavy atom. The molecule has 1 aliphatic rings. The third-order valence-electron chi connectivity index (χ3n) is 3.08. The molecular weight excluding hydrogens is 236 g/mol. The summed E-state index contributed by atoms with van der Waals surface area (Å²) in [5.41, 5.74) is 6.42. The maximum atomic E-state index is 12.2. The van der Waals surface area contributed by atoms with Gasteiger partial charge in [-0.3, -0.25) is 0 Å². The van der Waals surface area contributed by atoms with E-state index in [0.717, 1.165) is 18.4 Å². The number of sulfonamides is 1. The molecule has 0 amide bonds. The van der Waals surface area contributed by atoms with Gasteiger partial charge in [0.2, 0.25) is 10.0 Å². The Balaban J connectivity index is 2.17. The minimum Gasteiger partial charge on any atom is -0.326 e. The summed E-state index contributed by atoms with van der Waals surface area (Å²) < 4.78 is 25.8. The first kappa shape index (κ1) is 12.5. The molecule has 0 aliphatic heterocycles. The lowest BCUT2D eigenvalue weighted by atomic mass is 10.2. The topological polar surface area (TPSA) is 63.4 Å². The van der Waals surface area contributed by atoms with E-state index in [1.165, 1.54) is 4.31 Å². The lowest BCUT2D eigenvalue weighted by Crippen LogP contribution is -2.28. The molecule has 0 unspecified atom stereocenters. The summed E-state index contributed by atoms with van der Waals surface area (Å²) in [7, 11) is -1.68. The second kappa shape index (κ2) is 4.76. The molecule has 2 N–H and O–H groups in total. The van der Waals surface area contributed by atoms with Crippen molar-refractivity contribution in [3.63, 3.8) is 0 Å². The van der Waals surface area contributed by atoms with Gasteiger partial charge in [0.05, 0.1) is 4.90 Å². The van der Waals surface area contributed by atoms with Gasteiger partial charge >= 0.3 is 0 Å². The lowest BCUT2D eigenvalue weighted by molar-refractivity contribution is 0.453. The Labute approximate surface area is 102 Å². The fourth-order valence-electron chi connectivity index (χ4n) is 1.74. The van der Waals surface area contributed by atoms with Gasteiger partial charge < -0.3 is 5.73 Å². The van der Waals surface area contributed by atoms with E-state index in [1.54, 1.807) is 31.3 Å². The van der Waals surface area contributed by atoms with Gasteiger partial charge in [0.1, 0.15) is 0 Å². The molecule has 4 nitrogen and oxygen atoms in total. The van der Waals surface area contributed by atoms with Crippen LogP contribution >= 0.6 is 0 Å². The van der Waals surface area contributed by atoms with Crippen molar-refractivity contribution in [3.05, 3.63) is 29.8 Å². The predicted molar refractivity (Wildman–Crippen MR) is 66.9 cm³/mol. The Morgan fingerprint density at radius 3 is 2.35 bits per heavy atom. The molecule has 0 saturated heterocycles. The fraction of sp³-hybridized carbons (Fsp3) is 0.500. The first-order valence-electron chi connectivity index (χ1n) is 5.79. The Bertz CT molecular complexity index is 478. The number of nitrogens with zero attached hydrogens (tertiary/aromatic N) is 1. The monoisotopic (exact) mass is 254 g/mol. The molecule has 2 rings (SSSR count). The zero-order chi connectivity index (χ0) is 12.5. The van der Waals surface area contributed by atoms with Crippen LogP contribution in [0.1, 0.15) is 18.4 Å². The fourth-order valence-corrected chi connectivity index (χ4v) is 2.99. The van der Waals surface area contributed by atoms with Crippen LogP contribution in [0.2, 0.25) is 0 Å². The molecule has 5 heteroatoms. The molecule has 94 valence electrons. The second-order valence-corrected chi connectivity index (χ2v) is 6.62. The van der Waals surface area contributed by atoms with E-state index >= 15 is 0 Å². The summed E-state index contributed by atoms with van der Waals surface area (Å²) in [4.78, 5) is 0.345. The molecule has 1 saturated carbocycles. The van der Waals surface area contributed by atoms with Gasteiger partial charge in [-0.2, -0.15) is 0 Å². The van der Waals surface area contributed by atoms with Gasteiger partial charge in [0.25, 0.3) is 0 Å². The summed E-state index contributed by atoms with van der Waals surface area (Å²) in [6.07, 6.45) is 2.29. The molecule has 1 aliphatic carbocycles. The van der Waals surface area contributed by atoms with Crippen LogP contribution in [0.5, 0.6) is 0 Å². The van der Waals surface area contributed by atoms with E-state index in [4.69, 9.17) is 5.73 Å². The highest BCUT2D eigenvalue weighted by Crippen LogP contribution is 2.30. The molecule has 0 spiro atoms. The summed E-state index contributed by atoms with van der Waals surface area (Å²) in [5.74, 6) is 0.554. The second-order valence-electron chi connectivity index (χ2n) is 4.58. The minimum absolute atomic E-state index is 0.345. The average molecular weight is 254 g/mol. The van der Waals surface area contributed by atoms with Crippen LogP contribution in [0.15, 0.2) is 29.2 Å². The van der Waals surface area contributed by atoms with Crippen LogP contribution in [-0.2, 0) is 16.6 Å². The number of hydrogen-bond donors (Lipinski definition) is 1. The zero-order valence-corrected chi connectivity index (χ0v) is 10.8. The van der Waals surface area contributed by atoms with E-state index in [1.807, 2.05) is 0 Å². The first-order chi connectivity index (χ1) is 8.04. The van der Waals surface area contributed by atoms with Crippen molar-refractivity contribution in [1.29, 1.82) is 0 Å². The average Bonchev–Trinajstić information content (AvgIpc) is 3.13. The Hall–Kier alpha value is -0.910. The van der Waals surface area contributed by atoms with Crippen LogP contribution < -0.4 is 5.73 Å². The highest BCUT2D eigenvalue weighted by molar-refractivity contribution is 7.89. The van der Waals surface area contributed by atoms with Gasteiger partial charge in [0.15, 0.2) is 0 Å². The maximum Gasteiger partial charge on any atom is 0.242 e. The van der Waals surface area contributed by atoms with Crippen LogP contribution in [0.4, 0.5) is 0 Å². The highest BCUT2D eigenvalue weighted by Gasteiger charge is 2.28. The van der Waals surface area contributed by atoms with Crippen molar-refractivity contribution in [2.24, 2.45) is 11.7 Å². The molecule has 1 fully saturated rings. The molecule has 0 bridgehead atoms. The van der Waals surface area contributed by atoms with Crippen molar-refractivity contribution < 1.29 is 8.42 Å². The molecular formula is C12H18N2O2S. The first-order valence-corrected chi connectivity index (χ1v) is 7.23. The quantitative estimate of drug-likeness (QED) is 0.858. The third-order valence-corrected chi connectivity index (χ3v) is 4.92. The smallest absolute Gasteiger partial charge is 0.242 e. The van der Waals surface area contributed by atoms with Crippen molar-refractivity contribution in [1.82, 2.24) is 4.31 Å². The SMILES string of the molecule is CN(CC1CC1)S(=O)(=O)c1ccc(CN)cc1. The van der Waals surface area contributed by atoms with Gasteiger partial charge in [-0.05, 0) is 36.5 Å². The zero-order valence-electron chi connectivity index (χ0n) is 9.96. The van der Waals surface area contributed by atoms with Gasteiger partial charge in [-0.15, -0.1) is 0 Å². The van der Waals surface area contributed by atoms with E-state index < -0.39 is 10.0 Å². The Kier molecular flexibility index (Phi) is 3.51. The van der Waals surface area contributed by atoms with Crippen LogP contribution in [0.3, 0.4) is 0 Å². The molecule has 1 aromatic carbocycles. The number of nitrogens with two attached hydrogens (primary N) is 1. The highest BCUT2D eigenvalue weighted by atomic mass is 32.2. The van der Waals surface area contributed by atoms with E-state index in [-0.39, 0.29) is 0 Å². The minimum atomic E-state index is -3.33. The summed E-state index contributed by atoms with van der Waals surface area (Å²) in [6.45, 7) is 1.05. The molecule has 0 heterocycles. The normalized spacial score (nSPS) is 16.4. The molecule has 0 aromatic heterocycles. The largest absolute Gasteiger partial charge is 0.326 e. The van der Waals surface area contributed by atoms with Crippen molar-refractivity contribution in [2.45, 2.75) is 24.3 Å². The molecule has 17 heavy (non-hydrogen) atoms. The summed E-state index contributed by atoms with van der Waals surface area (Å²) in [5, 5.41) is 0. The van der Waals surface area contributed by atoms with Crippen LogP contribution in [0.25, 0.3) is 0 Å². The maximum absolute atomic E-state index is 12.2. The summed E-state index contributed by atoms with van der Waals surface area (Å²) in [6, 6.07) is 6.78. The Morgan fingerprint density at radius 1 is 1.29 bits per heavy atom. The molecule has 1 aromatic rings. The van der Waals surface area contributed by atoms with Gasteiger partial charge in [0, 0.05) is 20.1 Å². The van der Waals surface area contributed by atoms with Crippen molar-refractivity contribution >= 4 is 10.0 Å². The molecule has 0 radical (unpaired) electrons. The van der Waals surface area contributed by atoms with Crippen LogP contribution in [-0.4, -0.2) is 26.3 Å². The number of rotatable bonds is 5. The van der Waals surface area contributed by atoms with E-state index in [2.05, 4.69) is 0 Å². The lowest BCUT2D eigenvalue weighted by Gasteiger charge is -2.16. The van der Waals surface area contributed by atoms with E-state index in [9.17, 15) is 8.42 Å². The number of hydrogen-bond acceptors (Lipinski definition) is 3. The van der Waals surface area contributed by atoms with Crippen LogP contribution in [0, 0.1) is 5.92 Å². The van der Waals surface area contributed by atoms with Crippen molar-refractivity contribution in [2.75, 3.05) is 13.6 Å².